The van der Waals surface area contributed by atoms with Crippen LogP contribution in [0.3, 0.4) is 0 Å². The number of ether oxygens (including phenoxy) is 1. The average Bonchev–Trinajstić information content (AvgIpc) is 3.51. The highest BCUT2D eigenvalue weighted by Gasteiger charge is 2.39. The van der Waals surface area contributed by atoms with E-state index in [1.165, 1.54) is 6.92 Å². The molecule has 1 saturated heterocycles. The van der Waals surface area contributed by atoms with Crippen molar-refractivity contribution in [2.45, 2.75) is 44.5 Å². The van der Waals surface area contributed by atoms with Gasteiger partial charge >= 0.3 is 18.2 Å². The third-order valence-electron chi connectivity index (χ3n) is 5.28. The Kier molecular flexibility index (Phi) is 6.66. The van der Waals surface area contributed by atoms with E-state index in [1.54, 1.807) is 29.2 Å². The summed E-state index contributed by atoms with van der Waals surface area (Å²) in [5.74, 6) is -1.44. The lowest BCUT2D eigenvalue weighted by Crippen LogP contribution is -2.46. The van der Waals surface area contributed by atoms with Crippen molar-refractivity contribution in [3.63, 3.8) is 0 Å². The second-order valence-corrected chi connectivity index (χ2v) is 7.65. The molecule has 2 aliphatic rings. The highest BCUT2D eigenvalue weighted by Crippen LogP contribution is 2.39. The maximum absolute atomic E-state index is 12.5. The Hall–Kier alpha value is -2.29. The fraction of sp³-hybridized carbons (Fsp3) is 0.600. The summed E-state index contributed by atoms with van der Waals surface area (Å²) in [6, 6.07) is 6.04. The largest absolute Gasteiger partial charge is 0.471 e. The van der Waals surface area contributed by atoms with Gasteiger partial charge < -0.3 is 20.3 Å². The first-order valence-electron chi connectivity index (χ1n) is 9.88. The molecule has 0 unspecified atom stereocenters. The number of alkyl halides is 3. The summed E-state index contributed by atoms with van der Waals surface area (Å²) in [4.78, 5) is 25.3. The Labute approximate surface area is 167 Å². The minimum Gasteiger partial charge on any atom is -0.441 e. The maximum Gasteiger partial charge on any atom is 0.471 e. The monoisotopic (exact) mass is 413 g/mol. The predicted molar refractivity (Wildman–Crippen MR) is 100 cm³/mol. The number of rotatable bonds is 6. The van der Waals surface area contributed by atoms with E-state index in [9.17, 15) is 22.8 Å². The van der Waals surface area contributed by atoms with Gasteiger partial charge in [-0.25, -0.2) is 4.79 Å². The van der Waals surface area contributed by atoms with Gasteiger partial charge in [0.15, 0.2) is 0 Å². The molecule has 29 heavy (non-hydrogen) atoms. The summed E-state index contributed by atoms with van der Waals surface area (Å²) >= 11 is 0. The normalized spacial score (nSPS) is 19.4. The molecule has 0 spiro atoms. The van der Waals surface area contributed by atoms with Gasteiger partial charge in [0.1, 0.15) is 6.10 Å². The van der Waals surface area contributed by atoms with E-state index in [-0.39, 0.29) is 12.2 Å². The third kappa shape index (κ3) is 6.09. The van der Waals surface area contributed by atoms with Gasteiger partial charge in [0, 0.05) is 26.2 Å². The molecule has 1 saturated carbocycles. The van der Waals surface area contributed by atoms with Crippen molar-refractivity contribution < 1.29 is 27.5 Å². The van der Waals surface area contributed by atoms with E-state index in [0.29, 0.717) is 24.6 Å². The fourth-order valence-electron chi connectivity index (χ4n) is 3.31. The molecule has 1 aromatic rings. The number of hydrogen-bond donors (Lipinski definition) is 2. The molecule has 160 valence electrons. The molecule has 2 amide bonds. The van der Waals surface area contributed by atoms with Crippen LogP contribution >= 0.6 is 0 Å². The molecular weight excluding hydrogens is 387 g/mol. The van der Waals surface area contributed by atoms with Crippen LogP contribution < -0.4 is 10.6 Å². The van der Waals surface area contributed by atoms with Crippen LogP contribution in [0.1, 0.15) is 49.5 Å². The lowest BCUT2D eigenvalue weighted by Gasteiger charge is -2.29. The molecule has 9 heteroatoms. The number of nitrogens with zero attached hydrogens (tertiary/aromatic N) is 1. The summed E-state index contributed by atoms with van der Waals surface area (Å²) in [5, 5.41) is 5.13. The van der Waals surface area contributed by atoms with Crippen LogP contribution in [0.15, 0.2) is 24.3 Å². The molecule has 1 heterocycles. The molecular formula is C20H26F3N3O3. The summed E-state index contributed by atoms with van der Waals surface area (Å²) in [6.45, 7) is 4.16. The van der Waals surface area contributed by atoms with Gasteiger partial charge in [0.25, 0.3) is 0 Å². The van der Waals surface area contributed by atoms with Crippen molar-refractivity contribution >= 4 is 12.0 Å². The quantitative estimate of drug-likeness (QED) is 0.751. The second kappa shape index (κ2) is 9.02. The molecule has 2 atom stereocenters. The molecule has 0 bridgehead atoms. The number of piperazine rings is 1. The lowest BCUT2D eigenvalue weighted by molar-refractivity contribution is -0.174. The number of amides is 2. The van der Waals surface area contributed by atoms with Gasteiger partial charge in [-0.2, -0.15) is 13.2 Å². The van der Waals surface area contributed by atoms with Gasteiger partial charge in [-0.1, -0.05) is 37.1 Å². The van der Waals surface area contributed by atoms with Crippen molar-refractivity contribution in [2.24, 2.45) is 5.92 Å². The fourth-order valence-corrected chi connectivity index (χ4v) is 3.31. The van der Waals surface area contributed by atoms with Crippen molar-refractivity contribution in [3.05, 3.63) is 35.4 Å². The summed E-state index contributed by atoms with van der Waals surface area (Å²) in [5.41, 5.74) is 1.35. The molecule has 2 fully saturated rings. The average molecular weight is 413 g/mol. The SMILES string of the molecule is C[C@H](NC(=O)C(F)(F)F)c1ccc([C@H](CC2CC2)OC(=O)N2CCNCC2)cc1. The number of benzene rings is 1. The Morgan fingerprint density at radius 1 is 1.17 bits per heavy atom. The molecule has 1 aliphatic carbocycles. The van der Waals surface area contributed by atoms with Crippen LogP contribution in [0.25, 0.3) is 0 Å². The summed E-state index contributed by atoms with van der Waals surface area (Å²) in [6.07, 6.45) is -2.69. The van der Waals surface area contributed by atoms with Crippen LogP contribution in [-0.2, 0) is 9.53 Å². The van der Waals surface area contributed by atoms with Crippen molar-refractivity contribution in [1.82, 2.24) is 15.5 Å². The Morgan fingerprint density at radius 3 is 2.31 bits per heavy atom. The number of carbonyl (C=O) groups excluding carboxylic acids is 2. The van der Waals surface area contributed by atoms with E-state index in [2.05, 4.69) is 5.32 Å². The Bertz CT molecular complexity index is 714. The minimum absolute atomic E-state index is 0.341. The standard InChI is InChI=1S/C20H26F3N3O3/c1-13(25-18(27)20(21,22)23)15-4-6-16(7-5-15)17(12-14-2-3-14)29-19(28)26-10-8-24-9-11-26/h4-7,13-14,17,24H,2-3,8-12H2,1H3,(H,25,27)/t13-,17-/m0/s1. The zero-order chi connectivity index (χ0) is 21.0. The van der Waals surface area contributed by atoms with Crippen LogP contribution in [0.5, 0.6) is 0 Å². The zero-order valence-electron chi connectivity index (χ0n) is 16.3. The summed E-state index contributed by atoms with van der Waals surface area (Å²) in [7, 11) is 0. The van der Waals surface area contributed by atoms with E-state index < -0.39 is 18.1 Å². The molecule has 3 rings (SSSR count). The first-order chi connectivity index (χ1) is 13.7. The smallest absolute Gasteiger partial charge is 0.441 e. The third-order valence-corrected chi connectivity index (χ3v) is 5.28. The molecule has 0 radical (unpaired) electrons. The van der Waals surface area contributed by atoms with Crippen LogP contribution in [0, 0.1) is 5.92 Å². The molecule has 0 aromatic heterocycles. The van der Waals surface area contributed by atoms with E-state index in [1.807, 2.05) is 5.32 Å². The van der Waals surface area contributed by atoms with Crippen LogP contribution in [0.4, 0.5) is 18.0 Å². The van der Waals surface area contributed by atoms with E-state index >= 15 is 0 Å². The van der Waals surface area contributed by atoms with Gasteiger partial charge in [0.05, 0.1) is 6.04 Å². The van der Waals surface area contributed by atoms with Gasteiger partial charge in [0.2, 0.25) is 0 Å². The van der Waals surface area contributed by atoms with Crippen LogP contribution in [-0.4, -0.2) is 49.3 Å². The first kappa shape index (κ1) is 21.4. The van der Waals surface area contributed by atoms with Gasteiger partial charge in [-0.05, 0) is 30.4 Å². The maximum atomic E-state index is 12.5. The Morgan fingerprint density at radius 2 is 1.76 bits per heavy atom. The predicted octanol–water partition coefficient (Wildman–Crippen LogP) is 3.31. The number of halogens is 3. The minimum atomic E-state index is -4.91. The topological polar surface area (TPSA) is 70.7 Å². The first-order valence-corrected chi connectivity index (χ1v) is 9.88. The van der Waals surface area contributed by atoms with Gasteiger partial charge in [-0.15, -0.1) is 0 Å². The zero-order valence-corrected chi connectivity index (χ0v) is 16.3. The second-order valence-electron chi connectivity index (χ2n) is 7.65. The van der Waals surface area contributed by atoms with Gasteiger partial charge in [-0.3, -0.25) is 4.79 Å². The van der Waals surface area contributed by atoms with E-state index in [4.69, 9.17) is 4.74 Å². The van der Waals surface area contributed by atoms with Crippen molar-refractivity contribution in [2.75, 3.05) is 26.2 Å². The highest BCUT2D eigenvalue weighted by molar-refractivity contribution is 5.82. The number of nitrogens with one attached hydrogen (secondary N) is 2. The number of carbonyl (C=O) groups is 2. The molecule has 6 nitrogen and oxygen atoms in total. The molecule has 1 aromatic carbocycles. The van der Waals surface area contributed by atoms with E-state index in [0.717, 1.165) is 37.9 Å². The molecule has 1 aliphatic heterocycles. The van der Waals surface area contributed by atoms with Crippen molar-refractivity contribution in [1.29, 1.82) is 0 Å². The Balaban J connectivity index is 1.65. The van der Waals surface area contributed by atoms with Crippen LogP contribution in [0.2, 0.25) is 0 Å². The summed E-state index contributed by atoms with van der Waals surface area (Å²) < 4.78 is 43.1. The van der Waals surface area contributed by atoms with Crippen molar-refractivity contribution in [3.8, 4) is 0 Å². The molecule has 2 N–H and O–H groups in total. The highest BCUT2D eigenvalue weighted by atomic mass is 19.4. The number of hydrogen-bond acceptors (Lipinski definition) is 4. The lowest BCUT2D eigenvalue weighted by atomic mass is 10.00.